The lowest BCUT2D eigenvalue weighted by atomic mass is 10.1. The van der Waals surface area contributed by atoms with Gasteiger partial charge in [0.05, 0.1) is 26.2 Å². The molecule has 0 bridgehead atoms. The molecule has 2 rings (SSSR count). The zero-order chi connectivity index (χ0) is 14.5. The molecular formula is C14H18N2O4. The predicted molar refractivity (Wildman–Crippen MR) is 73.1 cm³/mol. The van der Waals surface area contributed by atoms with Crippen molar-refractivity contribution in [2.24, 2.45) is 0 Å². The highest BCUT2D eigenvalue weighted by Crippen LogP contribution is 2.20. The van der Waals surface area contributed by atoms with Crippen molar-refractivity contribution in [3.8, 4) is 0 Å². The second-order valence-electron chi connectivity index (χ2n) is 4.58. The number of ether oxygens (including phenoxy) is 1. The van der Waals surface area contributed by atoms with Crippen LogP contribution in [0, 0.1) is 0 Å². The Morgan fingerprint density at radius 2 is 2.10 bits per heavy atom. The van der Waals surface area contributed by atoms with Crippen molar-refractivity contribution >= 4 is 17.7 Å². The van der Waals surface area contributed by atoms with Gasteiger partial charge in [0.2, 0.25) is 5.91 Å². The number of hydroxylamine groups is 2. The summed E-state index contributed by atoms with van der Waals surface area (Å²) in [5.74, 6) is -0.0482. The van der Waals surface area contributed by atoms with E-state index in [4.69, 9.17) is 4.84 Å². The largest absolute Gasteiger partial charge is 0.451 e. The summed E-state index contributed by atoms with van der Waals surface area (Å²) >= 11 is 0. The Morgan fingerprint density at radius 1 is 1.40 bits per heavy atom. The van der Waals surface area contributed by atoms with E-state index < -0.39 is 6.09 Å². The number of hydrogen-bond donors (Lipinski definition) is 0. The molecular weight excluding hydrogens is 260 g/mol. The lowest BCUT2D eigenvalue weighted by Gasteiger charge is -2.19. The first-order chi connectivity index (χ1) is 9.61. The maximum Gasteiger partial charge on any atom is 0.433 e. The Kier molecular flexibility index (Phi) is 4.57. The van der Waals surface area contributed by atoms with Crippen molar-refractivity contribution in [3.05, 3.63) is 30.3 Å². The van der Waals surface area contributed by atoms with Gasteiger partial charge in [0.15, 0.2) is 0 Å². The van der Waals surface area contributed by atoms with Crippen LogP contribution in [0.4, 0.5) is 10.5 Å². The number of carbonyl (C=O) groups excluding carboxylic acids is 2. The molecule has 0 N–H and O–H groups in total. The van der Waals surface area contributed by atoms with Crippen LogP contribution < -0.4 is 4.90 Å². The minimum absolute atomic E-state index is 0.0482. The number of amides is 2. The van der Waals surface area contributed by atoms with E-state index in [1.165, 1.54) is 7.11 Å². The highest BCUT2D eigenvalue weighted by Gasteiger charge is 2.30. The van der Waals surface area contributed by atoms with Crippen LogP contribution in [0.3, 0.4) is 0 Å². The van der Waals surface area contributed by atoms with Crippen LogP contribution >= 0.6 is 0 Å². The molecule has 1 aromatic rings. The van der Waals surface area contributed by atoms with Crippen molar-refractivity contribution in [1.82, 2.24) is 5.06 Å². The van der Waals surface area contributed by atoms with Crippen LogP contribution in [0.1, 0.15) is 12.8 Å². The third-order valence-corrected chi connectivity index (χ3v) is 3.23. The van der Waals surface area contributed by atoms with Crippen molar-refractivity contribution in [3.63, 3.8) is 0 Å². The predicted octanol–water partition coefficient (Wildman–Crippen LogP) is 1.81. The van der Waals surface area contributed by atoms with E-state index in [1.807, 2.05) is 30.3 Å². The molecule has 1 fully saturated rings. The molecule has 0 saturated carbocycles. The molecule has 1 heterocycles. The number of hydrogen-bond acceptors (Lipinski definition) is 4. The monoisotopic (exact) mass is 278 g/mol. The summed E-state index contributed by atoms with van der Waals surface area (Å²) in [6, 6.07) is 9.40. The SMILES string of the molecule is COC(=O)N1CC[C@H](CC(=O)N(C)c2ccccc2)O1. The summed E-state index contributed by atoms with van der Waals surface area (Å²) in [5.41, 5.74) is 0.834. The third-order valence-electron chi connectivity index (χ3n) is 3.23. The molecule has 1 saturated heterocycles. The summed E-state index contributed by atoms with van der Waals surface area (Å²) < 4.78 is 4.57. The summed E-state index contributed by atoms with van der Waals surface area (Å²) in [6.45, 7) is 0.444. The van der Waals surface area contributed by atoms with Crippen LogP contribution in [0.2, 0.25) is 0 Å². The van der Waals surface area contributed by atoms with E-state index in [0.717, 1.165) is 10.8 Å². The molecule has 0 radical (unpaired) electrons. The minimum atomic E-state index is -0.531. The van der Waals surface area contributed by atoms with Gasteiger partial charge in [-0.15, -0.1) is 0 Å². The Labute approximate surface area is 117 Å². The fourth-order valence-electron chi connectivity index (χ4n) is 2.05. The van der Waals surface area contributed by atoms with E-state index in [1.54, 1.807) is 11.9 Å². The molecule has 6 nitrogen and oxygen atoms in total. The Balaban J connectivity index is 1.88. The van der Waals surface area contributed by atoms with E-state index >= 15 is 0 Å². The molecule has 1 aromatic carbocycles. The Hall–Kier alpha value is -2.08. The molecule has 0 aromatic heterocycles. The number of rotatable bonds is 3. The number of methoxy groups -OCH3 is 1. The van der Waals surface area contributed by atoms with Crippen molar-refractivity contribution in [1.29, 1.82) is 0 Å². The first-order valence-electron chi connectivity index (χ1n) is 6.45. The number of nitrogens with zero attached hydrogens (tertiary/aromatic N) is 2. The van der Waals surface area contributed by atoms with Crippen LogP contribution in [0.25, 0.3) is 0 Å². The van der Waals surface area contributed by atoms with Crippen LogP contribution in [-0.2, 0) is 14.4 Å². The van der Waals surface area contributed by atoms with Crippen LogP contribution in [-0.4, -0.2) is 43.9 Å². The molecule has 1 aliphatic rings. The highest BCUT2D eigenvalue weighted by atomic mass is 16.7. The minimum Gasteiger partial charge on any atom is -0.451 e. The van der Waals surface area contributed by atoms with E-state index in [9.17, 15) is 9.59 Å². The quantitative estimate of drug-likeness (QED) is 0.846. The topological polar surface area (TPSA) is 59.1 Å². The van der Waals surface area contributed by atoms with Gasteiger partial charge in [0.1, 0.15) is 0 Å². The molecule has 0 spiro atoms. The van der Waals surface area contributed by atoms with Gasteiger partial charge in [-0.3, -0.25) is 9.63 Å². The Bertz CT molecular complexity index is 477. The number of para-hydroxylation sites is 1. The Morgan fingerprint density at radius 3 is 2.75 bits per heavy atom. The maximum atomic E-state index is 12.2. The molecule has 1 atom stereocenters. The van der Waals surface area contributed by atoms with Crippen LogP contribution in [0.15, 0.2) is 30.3 Å². The van der Waals surface area contributed by atoms with Gasteiger partial charge in [-0.1, -0.05) is 18.2 Å². The van der Waals surface area contributed by atoms with Gasteiger partial charge < -0.3 is 9.64 Å². The van der Waals surface area contributed by atoms with Gasteiger partial charge in [0.25, 0.3) is 0 Å². The maximum absolute atomic E-state index is 12.2. The average molecular weight is 278 g/mol. The fourth-order valence-corrected chi connectivity index (χ4v) is 2.05. The third kappa shape index (κ3) is 3.27. The standard InChI is InChI=1S/C14H18N2O4/c1-15(11-6-4-3-5-7-11)13(17)10-12-8-9-16(20-12)14(18)19-2/h3-7,12H,8-10H2,1-2H3/t12-/m1/s1. The van der Waals surface area contributed by atoms with Crippen molar-refractivity contribution < 1.29 is 19.2 Å². The first-order valence-corrected chi connectivity index (χ1v) is 6.45. The summed E-state index contributed by atoms with van der Waals surface area (Å²) in [5, 5.41) is 1.15. The van der Waals surface area contributed by atoms with Crippen molar-refractivity contribution in [2.75, 3.05) is 25.6 Å². The summed E-state index contributed by atoms with van der Waals surface area (Å²) in [4.78, 5) is 30.4. The molecule has 1 aliphatic heterocycles. The lowest BCUT2D eigenvalue weighted by Crippen LogP contribution is -2.31. The molecule has 6 heteroatoms. The van der Waals surface area contributed by atoms with E-state index in [-0.39, 0.29) is 18.4 Å². The number of benzene rings is 1. The smallest absolute Gasteiger partial charge is 0.433 e. The first kappa shape index (κ1) is 14.3. The highest BCUT2D eigenvalue weighted by molar-refractivity contribution is 5.93. The van der Waals surface area contributed by atoms with Gasteiger partial charge >= 0.3 is 6.09 Å². The summed E-state index contributed by atoms with van der Waals surface area (Å²) in [6.07, 6.45) is 0.0478. The lowest BCUT2D eigenvalue weighted by molar-refractivity contribution is -0.137. The summed E-state index contributed by atoms with van der Waals surface area (Å²) in [7, 11) is 3.03. The molecule has 0 unspecified atom stereocenters. The van der Waals surface area contributed by atoms with Gasteiger partial charge in [-0.05, 0) is 18.6 Å². The normalized spacial score (nSPS) is 17.9. The van der Waals surface area contributed by atoms with Gasteiger partial charge in [0, 0.05) is 12.7 Å². The van der Waals surface area contributed by atoms with Crippen LogP contribution in [0.5, 0.6) is 0 Å². The number of anilines is 1. The van der Waals surface area contributed by atoms with Crippen molar-refractivity contribution in [2.45, 2.75) is 18.9 Å². The molecule has 2 amide bonds. The molecule has 108 valence electrons. The average Bonchev–Trinajstić information content (AvgIpc) is 2.95. The van der Waals surface area contributed by atoms with E-state index in [2.05, 4.69) is 4.74 Å². The van der Waals surface area contributed by atoms with E-state index in [0.29, 0.717) is 13.0 Å². The molecule has 0 aliphatic carbocycles. The number of carbonyl (C=O) groups is 2. The second kappa shape index (κ2) is 6.38. The van der Waals surface area contributed by atoms with Gasteiger partial charge in [-0.25, -0.2) is 4.79 Å². The zero-order valence-corrected chi connectivity index (χ0v) is 11.6. The second-order valence-corrected chi connectivity index (χ2v) is 4.58. The van der Waals surface area contributed by atoms with Gasteiger partial charge in [-0.2, -0.15) is 5.06 Å². The molecule has 20 heavy (non-hydrogen) atoms. The fraction of sp³-hybridized carbons (Fsp3) is 0.429. The zero-order valence-electron chi connectivity index (χ0n) is 11.6.